The fraction of sp³-hybridized carbons (Fsp3) is 0.286. The second kappa shape index (κ2) is 8.88. The number of rotatable bonds is 6. The molecule has 0 saturated carbocycles. The highest BCUT2D eigenvalue weighted by atomic mass is 35.5. The molecule has 1 aliphatic heterocycles. The van der Waals surface area contributed by atoms with Gasteiger partial charge < -0.3 is 10.0 Å². The van der Waals surface area contributed by atoms with Gasteiger partial charge in [0, 0.05) is 43.4 Å². The summed E-state index contributed by atoms with van der Waals surface area (Å²) in [6.07, 6.45) is 4.40. The minimum Gasteiger partial charge on any atom is -0.481 e. The van der Waals surface area contributed by atoms with Gasteiger partial charge in [0.05, 0.1) is 6.42 Å². The van der Waals surface area contributed by atoms with E-state index >= 15 is 0 Å². The quantitative estimate of drug-likeness (QED) is 0.839. The van der Waals surface area contributed by atoms with E-state index in [1.165, 1.54) is 0 Å². The molecule has 3 rings (SSSR count). The predicted octanol–water partition coefficient (Wildman–Crippen LogP) is 3.80. The van der Waals surface area contributed by atoms with Crippen LogP contribution < -0.4 is 4.90 Å². The molecule has 0 bridgehead atoms. The third kappa shape index (κ3) is 5.35. The second-order valence-corrected chi connectivity index (χ2v) is 6.91. The lowest BCUT2D eigenvalue weighted by molar-refractivity contribution is -0.136. The molecular formula is C21H23ClN2O2. The number of piperazine rings is 1. The van der Waals surface area contributed by atoms with Gasteiger partial charge in [-0.15, -0.1) is 0 Å². The van der Waals surface area contributed by atoms with Crippen molar-refractivity contribution in [3.8, 4) is 0 Å². The highest BCUT2D eigenvalue weighted by Gasteiger charge is 2.16. The summed E-state index contributed by atoms with van der Waals surface area (Å²) in [5, 5.41) is 9.60. The molecule has 0 atom stereocenters. The SMILES string of the molecule is O=C(O)Cc1ccc(N2CCN(C/C=C/c3ccc(Cl)cc3)CC2)cc1. The molecule has 1 saturated heterocycles. The first kappa shape index (κ1) is 18.5. The minimum absolute atomic E-state index is 0.0774. The van der Waals surface area contributed by atoms with Gasteiger partial charge in [-0.1, -0.05) is 48.0 Å². The van der Waals surface area contributed by atoms with Crippen molar-refractivity contribution in [1.82, 2.24) is 4.90 Å². The van der Waals surface area contributed by atoms with E-state index in [1.54, 1.807) is 0 Å². The summed E-state index contributed by atoms with van der Waals surface area (Å²) in [5.74, 6) is -0.794. The maximum atomic E-state index is 10.8. The summed E-state index contributed by atoms with van der Waals surface area (Å²) >= 11 is 5.90. The molecule has 0 aliphatic carbocycles. The van der Waals surface area contributed by atoms with Crippen LogP contribution in [-0.2, 0) is 11.2 Å². The summed E-state index contributed by atoms with van der Waals surface area (Å²) in [5.41, 5.74) is 3.16. The van der Waals surface area contributed by atoms with Crippen LogP contribution in [-0.4, -0.2) is 48.7 Å². The second-order valence-electron chi connectivity index (χ2n) is 6.48. The first-order valence-corrected chi connectivity index (χ1v) is 9.18. The molecule has 1 fully saturated rings. The number of aliphatic carboxylic acids is 1. The zero-order valence-corrected chi connectivity index (χ0v) is 15.4. The first-order valence-electron chi connectivity index (χ1n) is 8.80. The first-order chi connectivity index (χ1) is 12.6. The average molecular weight is 371 g/mol. The number of carboxylic acid groups (broad SMARTS) is 1. The normalized spacial score (nSPS) is 15.5. The predicted molar refractivity (Wildman–Crippen MR) is 107 cm³/mol. The van der Waals surface area contributed by atoms with E-state index in [0.717, 1.165) is 54.6 Å². The lowest BCUT2D eigenvalue weighted by Crippen LogP contribution is -2.46. The maximum absolute atomic E-state index is 10.8. The lowest BCUT2D eigenvalue weighted by atomic mass is 10.1. The molecule has 1 N–H and O–H groups in total. The fourth-order valence-electron chi connectivity index (χ4n) is 3.10. The van der Waals surface area contributed by atoms with Gasteiger partial charge in [0.1, 0.15) is 0 Å². The van der Waals surface area contributed by atoms with Crippen molar-refractivity contribution in [1.29, 1.82) is 0 Å². The number of benzene rings is 2. The van der Waals surface area contributed by atoms with Gasteiger partial charge in [-0.05, 0) is 35.4 Å². The molecule has 0 aromatic heterocycles. The lowest BCUT2D eigenvalue weighted by Gasteiger charge is -2.35. The number of hydrogen-bond donors (Lipinski definition) is 1. The molecule has 0 amide bonds. The zero-order valence-electron chi connectivity index (χ0n) is 14.6. The van der Waals surface area contributed by atoms with Crippen LogP contribution in [0, 0.1) is 0 Å². The molecule has 136 valence electrons. The minimum atomic E-state index is -0.794. The number of halogens is 1. The maximum Gasteiger partial charge on any atom is 0.307 e. The van der Waals surface area contributed by atoms with E-state index in [4.69, 9.17) is 16.7 Å². The van der Waals surface area contributed by atoms with E-state index in [-0.39, 0.29) is 6.42 Å². The van der Waals surface area contributed by atoms with Crippen LogP contribution in [0.2, 0.25) is 5.02 Å². The van der Waals surface area contributed by atoms with Crippen LogP contribution in [0.25, 0.3) is 6.08 Å². The van der Waals surface area contributed by atoms with Gasteiger partial charge in [0.15, 0.2) is 0 Å². The highest BCUT2D eigenvalue weighted by molar-refractivity contribution is 6.30. The molecule has 5 heteroatoms. The van der Waals surface area contributed by atoms with Crippen LogP contribution in [0.4, 0.5) is 5.69 Å². The Morgan fingerprint density at radius 1 is 1.00 bits per heavy atom. The number of nitrogens with zero attached hydrogens (tertiary/aromatic N) is 2. The Balaban J connectivity index is 1.46. The van der Waals surface area contributed by atoms with Crippen molar-refractivity contribution in [3.05, 3.63) is 70.8 Å². The monoisotopic (exact) mass is 370 g/mol. The summed E-state index contributed by atoms with van der Waals surface area (Å²) in [6.45, 7) is 4.93. The Bertz CT molecular complexity index is 749. The van der Waals surface area contributed by atoms with Crippen molar-refractivity contribution in [2.45, 2.75) is 6.42 Å². The number of anilines is 1. The van der Waals surface area contributed by atoms with Crippen molar-refractivity contribution in [2.75, 3.05) is 37.6 Å². The van der Waals surface area contributed by atoms with Crippen molar-refractivity contribution >= 4 is 29.3 Å². The third-order valence-electron chi connectivity index (χ3n) is 4.57. The van der Waals surface area contributed by atoms with Crippen LogP contribution in [0.15, 0.2) is 54.6 Å². The summed E-state index contributed by atoms with van der Waals surface area (Å²) < 4.78 is 0. The van der Waals surface area contributed by atoms with Gasteiger partial charge in [0.2, 0.25) is 0 Å². The van der Waals surface area contributed by atoms with Crippen LogP contribution in [0.1, 0.15) is 11.1 Å². The molecule has 2 aromatic rings. The van der Waals surface area contributed by atoms with Crippen LogP contribution >= 0.6 is 11.6 Å². The van der Waals surface area contributed by atoms with Gasteiger partial charge in [-0.25, -0.2) is 0 Å². The van der Waals surface area contributed by atoms with E-state index in [2.05, 4.69) is 22.0 Å². The average Bonchev–Trinajstić information content (AvgIpc) is 2.64. The Morgan fingerprint density at radius 3 is 2.27 bits per heavy atom. The molecule has 1 aliphatic rings. The molecule has 2 aromatic carbocycles. The van der Waals surface area contributed by atoms with Crippen LogP contribution in [0.3, 0.4) is 0 Å². The summed E-state index contributed by atoms with van der Waals surface area (Å²) in [7, 11) is 0. The Kier molecular flexibility index (Phi) is 6.31. The van der Waals surface area contributed by atoms with Crippen LogP contribution in [0.5, 0.6) is 0 Å². The van der Waals surface area contributed by atoms with E-state index in [9.17, 15) is 4.79 Å². The number of hydrogen-bond acceptors (Lipinski definition) is 3. The Labute approximate surface area is 159 Å². The van der Waals surface area contributed by atoms with Gasteiger partial charge >= 0.3 is 5.97 Å². The molecule has 0 radical (unpaired) electrons. The number of carboxylic acids is 1. The van der Waals surface area contributed by atoms with Crippen molar-refractivity contribution in [2.24, 2.45) is 0 Å². The zero-order chi connectivity index (χ0) is 18.4. The Hall–Kier alpha value is -2.30. The standard InChI is InChI=1S/C21H23ClN2O2/c22-19-7-3-17(4-8-19)2-1-11-23-12-14-24(15-13-23)20-9-5-18(6-10-20)16-21(25)26/h1-10H,11-16H2,(H,25,26)/b2-1+. The van der Waals surface area contributed by atoms with Gasteiger partial charge in [-0.2, -0.15) is 0 Å². The Morgan fingerprint density at radius 2 is 1.65 bits per heavy atom. The molecule has 4 nitrogen and oxygen atoms in total. The molecule has 26 heavy (non-hydrogen) atoms. The molecular weight excluding hydrogens is 348 g/mol. The molecule has 0 unspecified atom stereocenters. The summed E-state index contributed by atoms with van der Waals surface area (Å²) in [4.78, 5) is 15.5. The third-order valence-corrected chi connectivity index (χ3v) is 4.83. The molecule has 1 heterocycles. The van der Waals surface area contributed by atoms with Gasteiger partial charge in [0.25, 0.3) is 0 Å². The smallest absolute Gasteiger partial charge is 0.307 e. The van der Waals surface area contributed by atoms with E-state index < -0.39 is 5.97 Å². The van der Waals surface area contributed by atoms with E-state index in [0.29, 0.717) is 0 Å². The van der Waals surface area contributed by atoms with Crippen molar-refractivity contribution in [3.63, 3.8) is 0 Å². The van der Waals surface area contributed by atoms with Gasteiger partial charge in [-0.3, -0.25) is 9.69 Å². The fourth-order valence-corrected chi connectivity index (χ4v) is 3.23. The molecule has 0 spiro atoms. The van der Waals surface area contributed by atoms with E-state index in [1.807, 2.05) is 48.5 Å². The topological polar surface area (TPSA) is 43.8 Å². The largest absolute Gasteiger partial charge is 0.481 e. The number of carbonyl (C=O) groups is 1. The summed E-state index contributed by atoms with van der Waals surface area (Å²) in [6, 6.07) is 15.7. The van der Waals surface area contributed by atoms with Crippen molar-refractivity contribution < 1.29 is 9.90 Å². The highest BCUT2D eigenvalue weighted by Crippen LogP contribution is 2.18.